The first kappa shape index (κ1) is 21.7. The highest BCUT2D eigenvalue weighted by atomic mass is 32.2. The smallest absolute Gasteiger partial charge is 0.262 e. The van der Waals surface area contributed by atoms with E-state index in [1.807, 2.05) is 0 Å². The van der Waals surface area contributed by atoms with Crippen molar-refractivity contribution in [1.82, 2.24) is 14.9 Å². The van der Waals surface area contributed by atoms with Crippen LogP contribution in [0.2, 0.25) is 0 Å². The van der Waals surface area contributed by atoms with Crippen molar-refractivity contribution in [3.63, 3.8) is 0 Å². The van der Waals surface area contributed by atoms with E-state index in [0.717, 1.165) is 37.1 Å². The lowest BCUT2D eigenvalue weighted by atomic mass is 10.1. The number of carbonyl (C=O) groups is 1. The molecule has 8 nitrogen and oxygen atoms in total. The van der Waals surface area contributed by atoms with Crippen LogP contribution in [0, 0.1) is 6.92 Å². The fourth-order valence-electron chi connectivity index (χ4n) is 3.87. The SMILES string of the molecule is Cc1c(C(=O)NCCc2ccc(S(N)(=O)=O)cc2)sc2nc3n(c(=O)c12)CCCCC3. The number of hydrogen-bond donors (Lipinski definition) is 2. The summed E-state index contributed by atoms with van der Waals surface area (Å²) in [7, 11) is -3.72. The molecule has 0 bridgehead atoms. The Morgan fingerprint density at radius 1 is 1.23 bits per heavy atom. The Hall–Kier alpha value is -2.56. The normalized spacial score (nSPS) is 14.3. The van der Waals surface area contributed by atoms with Crippen LogP contribution >= 0.6 is 11.3 Å². The van der Waals surface area contributed by atoms with Gasteiger partial charge in [-0.3, -0.25) is 14.2 Å². The maximum atomic E-state index is 13.0. The van der Waals surface area contributed by atoms with E-state index < -0.39 is 10.0 Å². The Morgan fingerprint density at radius 3 is 2.68 bits per heavy atom. The van der Waals surface area contributed by atoms with Crippen molar-refractivity contribution in [3.05, 3.63) is 56.4 Å². The van der Waals surface area contributed by atoms with Crippen molar-refractivity contribution >= 4 is 37.5 Å². The zero-order valence-electron chi connectivity index (χ0n) is 17.2. The van der Waals surface area contributed by atoms with Gasteiger partial charge in [0.05, 0.1) is 15.2 Å². The Kier molecular flexibility index (Phi) is 5.96. The minimum Gasteiger partial charge on any atom is -0.351 e. The predicted molar refractivity (Wildman–Crippen MR) is 120 cm³/mol. The summed E-state index contributed by atoms with van der Waals surface area (Å²) < 4.78 is 24.4. The number of amides is 1. The molecule has 0 saturated carbocycles. The number of hydrogen-bond acceptors (Lipinski definition) is 6. The maximum absolute atomic E-state index is 13.0. The van der Waals surface area contributed by atoms with Crippen molar-refractivity contribution < 1.29 is 13.2 Å². The molecule has 0 fully saturated rings. The van der Waals surface area contributed by atoms with Crippen LogP contribution in [0.3, 0.4) is 0 Å². The van der Waals surface area contributed by atoms with Gasteiger partial charge in [-0.2, -0.15) is 0 Å². The van der Waals surface area contributed by atoms with Crippen LogP contribution in [0.15, 0.2) is 34.0 Å². The molecule has 2 aromatic heterocycles. The first-order chi connectivity index (χ1) is 14.8. The number of primary sulfonamides is 1. The molecule has 0 saturated heterocycles. The van der Waals surface area contributed by atoms with Gasteiger partial charge in [0.2, 0.25) is 10.0 Å². The number of aromatic nitrogens is 2. The Bertz CT molecular complexity index is 1310. The first-order valence-corrected chi connectivity index (χ1v) is 12.5. The zero-order chi connectivity index (χ0) is 22.2. The van der Waals surface area contributed by atoms with Crippen LogP contribution in [-0.4, -0.2) is 30.4 Å². The lowest BCUT2D eigenvalue weighted by molar-refractivity contribution is 0.0957. The van der Waals surface area contributed by atoms with Gasteiger partial charge in [-0.25, -0.2) is 18.5 Å². The van der Waals surface area contributed by atoms with E-state index in [4.69, 9.17) is 10.1 Å². The van der Waals surface area contributed by atoms with Crippen LogP contribution in [0.25, 0.3) is 10.2 Å². The minimum absolute atomic E-state index is 0.0513. The van der Waals surface area contributed by atoms with Gasteiger partial charge >= 0.3 is 0 Å². The molecular weight excluding hydrogens is 436 g/mol. The highest BCUT2D eigenvalue weighted by Crippen LogP contribution is 2.28. The quantitative estimate of drug-likeness (QED) is 0.603. The topological polar surface area (TPSA) is 124 Å². The molecular formula is C21H24N4O4S2. The standard InChI is InChI=1S/C21H24N4O4S2/c1-13-17-20(24-16-5-3-2-4-12-25(16)21(17)27)30-18(13)19(26)23-11-10-14-6-8-15(9-7-14)31(22,28)29/h6-9H,2-5,10-12H2,1H3,(H,23,26)(H2,22,28,29). The number of nitrogens with zero attached hydrogens (tertiary/aromatic N) is 2. The van der Waals surface area contributed by atoms with Crippen LogP contribution in [0.4, 0.5) is 0 Å². The monoisotopic (exact) mass is 460 g/mol. The van der Waals surface area contributed by atoms with Crippen LogP contribution in [-0.2, 0) is 29.4 Å². The summed E-state index contributed by atoms with van der Waals surface area (Å²) >= 11 is 1.26. The largest absolute Gasteiger partial charge is 0.351 e. The molecule has 1 aliphatic heterocycles. The summed E-state index contributed by atoms with van der Waals surface area (Å²) in [6.07, 6.45) is 4.40. The predicted octanol–water partition coefficient (Wildman–Crippen LogP) is 2.11. The van der Waals surface area contributed by atoms with Gasteiger partial charge in [-0.05, 0) is 49.4 Å². The number of aryl methyl sites for hydroxylation is 2. The highest BCUT2D eigenvalue weighted by Gasteiger charge is 2.22. The van der Waals surface area contributed by atoms with E-state index in [1.54, 1.807) is 23.6 Å². The third-order valence-electron chi connectivity index (χ3n) is 5.57. The summed E-state index contributed by atoms with van der Waals surface area (Å²) in [5.74, 6) is 0.576. The maximum Gasteiger partial charge on any atom is 0.262 e. The van der Waals surface area contributed by atoms with E-state index in [-0.39, 0.29) is 16.4 Å². The summed E-state index contributed by atoms with van der Waals surface area (Å²) in [6.45, 7) is 2.86. The number of rotatable bonds is 5. The van der Waals surface area contributed by atoms with Gasteiger partial charge in [-0.1, -0.05) is 18.6 Å². The second kappa shape index (κ2) is 8.52. The van der Waals surface area contributed by atoms with E-state index >= 15 is 0 Å². The molecule has 3 heterocycles. The summed E-state index contributed by atoms with van der Waals surface area (Å²) in [4.78, 5) is 31.7. The Balaban J connectivity index is 1.50. The number of benzene rings is 1. The molecule has 0 atom stereocenters. The van der Waals surface area contributed by atoms with Gasteiger partial charge in [-0.15, -0.1) is 11.3 Å². The summed E-state index contributed by atoms with van der Waals surface area (Å²) in [6, 6.07) is 6.25. The van der Waals surface area contributed by atoms with Crippen LogP contribution in [0.5, 0.6) is 0 Å². The molecule has 1 aromatic carbocycles. The molecule has 3 aromatic rings. The third kappa shape index (κ3) is 4.41. The molecule has 164 valence electrons. The summed E-state index contributed by atoms with van der Waals surface area (Å²) in [5.41, 5.74) is 1.50. The van der Waals surface area contributed by atoms with Gasteiger partial charge in [0, 0.05) is 19.5 Å². The number of nitrogens with one attached hydrogen (secondary N) is 1. The van der Waals surface area contributed by atoms with Crippen molar-refractivity contribution in [1.29, 1.82) is 0 Å². The van der Waals surface area contributed by atoms with Crippen LogP contribution in [0.1, 0.15) is 45.9 Å². The Labute approximate surface area is 184 Å². The van der Waals surface area contributed by atoms with Crippen molar-refractivity contribution in [2.24, 2.45) is 5.14 Å². The lowest BCUT2D eigenvalue weighted by Crippen LogP contribution is -2.26. The molecule has 0 aliphatic carbocycles. The molecule has 4 rings (SSSR count). The number of nitrogens with two attached hydrogens (primary N) is 1. The van der Waals surface area contributed by atoms with E-state index in [1.165, 1.54) is 23.5 Å². The molecule has 0 unspecified atom stereocenters. The summed E-state index contributed by atoms with van der Waals surface area (Å²) in [5, 5.41) is 8.53. The van der Waals surface area contributed by atoms with E-state index in [0.29, 0.717) is 40.2 Å². The minimum atomic E-state index is -3.72. The van der Waals surface area contributed by atoms with Gasteiger partial charge in [0.15, 0.2) is 0 Å². The average molecular weight is 461 g/mol. The molecule has 0 radical (unpaired) electrons. The van der Waals surface area contributed by atoms with Crippen molar-refractivity contribution in [2.45, 2.75) is 50.5 Å². The molecule has 10 heteroatoms. The second-order valence-electron chi connectivity index (χ2n) is 7.73. The van der Waals surface area contributed by atoms with Crippen molar-refractivity contribution in [2.75, 3.05) is 6.54 Å². The zero-order valence-corrected chi connectivity index (χ0v) is 18.8. The second-order valence-corrected chi connectivity index (χ2v) is 10.3. The average Bonchev–Trinajstić information content (AvgIpc) is 2.89. The van der Waals surface area contributed by atoms with Gasteiger partial charge < -0.3 is 5.32 Å². The van der Waals surface area contributed by atoms with Gasteiger partial charge in [0.1, 0.15) is 10.7 Å². The number of thiophene rings is 1. The highest BCUT2D eigenvalue weighted by molar-refractivity contribution is 7.89. The number of carbonyl (C=O) groups excluding carboxylic acids is 1. The fourth-order valence-corrected chi connectivity index (χ4v) is 5.50. The van der Waals surface area contributed by atoms with E-state index in [2.05, 4.69) is 5.32 Å². The van der Waals surface area contributed by atoms with E-state index in [9.17, 15) is 18.0 Å². The van der Waals surface area contributed by atoms with Crippen molar-refractivity contribution in [3.8, 4) is 0 Å². The molecule has 1 amide bonds. The Morgan fingerprint density at radius 2 is 1.97 bits per heavy atom. The molecule has 3 N–H and O–H groups in total. The number of fused-ring (bicyclic) bond motifs is 2. The molecule has 0 spiro atoms. The fraction of sp³-hybridized carbons (Fsp3) is 0.381. The van der Waals surface area contributed by atoms with Crippen LogP contribution < -0.4 is 16.0 Å². The first-order valence-electron chi connectivity index (χ1n) is 10.2. The lowest BCUT2D eigenvalue weighted by Gasteiger charge is -2.08. The molecule has 31 heavy (non-hydrogen) atoms. The van der Waals surface area contributed by atoms with Gasteiger partial charge in [0.25, 0.3) is 11.5 Å². The third-order valence-corrected chi connectivity index (χ3v) is 7.68. The molecule has 1 aliphatic rings. The number of sulfonamides is 1.